The highest BCUT2D eigenvalue weighted by atomic mass is 15.1. The van der Waals surface area contributed by atoms with E-state index < -0.39 is 0 Å². The fourth-order valence-corrected chi connectivity index (χ4v) is 3.64. The van der Waals surface area contributed by atoms with E-state index in [1.165, 1.54) is 74.2 Å². The molecular weight excluding hydrogens is 256 g/mol. The van der Waals surface area contributed by atoms with Crippen molar-refractivity contribution in [2.75, 3.05) is 31.1 Å². The van der Waals surface area contributed by atoms with Crippen LogP contribution in [0.2, 0.25) is 0 Å². The van der Waals surface area contributed by atoms with Crippen LogP contribution in [0.4, 0.5) is 5.69 Å². The summed E-state index contributed by atoms with van der Waals surface area (Å²) >= 11 is 0. The molecule has 0 saturated carbocycles. The summed E-state index contributed by atoms with van der Waals surface area (Å²) in [7, 11) is 0. The Balaban J connectivity index is 1.77. The number of nitrogens with zero attached hydrogens (tertiary/aromatic N) is 1. The van der Waals surface area contributed by atoms with E-state index in [1.807, 2.05) is 0 Å². The molecule has 1 aromatic rings. The number of hydrogen-bond acceptors (Lipinski definition) is 2. The maximum atomic E-state index is 3.43. The number of benzene rings is 1. The van der Waals surface area contributed by atoms with Gasteiger partial charge in [0, 0.05) is 18.8 Å². The average Bonchev–Trinajstić information content (AvgIpc) is 3.01. The Labute approximate surface area is 129 Å². The van der Waals surface area contributed by atoms with Crippen LogP contribution in [0.25, 0.3) is 6.08 Å². The molecule has 0 aromatic heterocycles. The second kappa shape index (κ2) is 6.65. The largest absolute Gasteiger partial charge is 0.372 e. The lowest BCUT2D eigenvalue weighted by Crippen LogP contribution is -2.26. The number of rotatable bonds is 3. The molecule has 1 N–H and O–H groups in total. The van der Waals surface area contributed by atoms with Crippen molar-refractivity contribution >= 4 is 11.8 Å². The highest BCUT2D eigenvalue weighted by Crippen LogP contribution is 2.27. The lowest BCUT2D eigenvalue weighted by atomic mass is 9.94. The molecule has 0 spiro atoms. The number of piperidine rings is 1. The summed E-state index contributed by atoms with van der Waals surface area (Å²) < 4.78 is 0. The quantitative estimate of drug-likeness (QED) is 0.905. The van der Waals surface area contributed by atoms with Gasteiger partial charge in [-0.1, -0.05) is 12.2 Å². The molecule has 2 aliphatic rings. The van der Waals surface area contributed by atoms with Gasteiger partial charge in [-0.3, -0.25) is 0 Å². The molecule has 2 heterocycles. The van der Waals surface area contributed by atoms with Crippen LogP contribution in [0.3, 0.4) is 0 Å². The van der Waals surface area contributed by atoms with Gasteiger partial charge in [0.1, 0.15) is 0 Å². The minimum Gasteiger partial charge on any atom is -0.372 e. The van der Waals surface area contributed by atoms with E-state index in [9.17, 15) is 0 Å². The third kappa shape index (κ3) is 3.49. The van der Waals surface area contributed by atoms with Crippen molar-refractivity contribution in [2.45, 2.75) is 39.5 Å². The highest BCUT2D eigenvalue weighted by Gasteiger charge is 2.14. The zero-order valence-corrected chi connectivity index (χ0v) is 13.5. The molecule has 0 radical (unpaired) electrons. The van der Waals surface area contributed by atoms with Crippen LogP contribution >= 0.6 is 0 Å². The topological polar surface area (TPSA) is 15.3 Å². The molecule has 0 bridgehead atoms. The minimum absolute atomic E-state index is 0.753. The van der Waals surface area contributed by atoms with Gasteiger partial charge < -0.3 is 10.2 Å². The predicted octanol–water partition coefficient (Wildman–Crippen LogP) is 3.92. The fourth-order valence-electron chi connectivity index (χ4n) is 3.64. The lowest BCUT2D eigenvalue weighted by Gasteiger charge is -2.21. The highest BCUT2D eigenvalue weighted by molar-refractivity contribution is 5.64. The minimum atomic E-state index is 0.753. The summed E-state index contributed by atoms with van der Waals surface area (Å²) in [6.45, 7) is 9.30. The summed E-state index contributed by atoms with van der Waals surface area (Å²) in [4.78, 5) is 2.53. The molecular formula is C19H28N2. The third-order valence-electron chi connectivity index (χ3n) is 4.97. The smallest absolute Gasteiger partial charge is 0.0371 e. The summed E-state index contributed by atoms with van der Waals surface area (Å²) in [6.07, 6.45) is 10.0. The number of hydrogen-bond donors (Lipinski definition) is 1. The van der Waals surface area contributed by atoms with Crippen LogP contribution in [0.15, 0.2) is 18.2 Å². The van der Waals surface area contributed by atoms with Crippen molar-refractivity contribution in [1.29, 1.82) is 0 Å². The fraction of sp³-hybridized carbons (Fsp3) is 0.579. The predicted molar refractivity (Wildman–Crippen MR) is 92.0 cm³/mol. The normalized spacial score (nSPS) is 20.6. The van der Waals surface area contributed by atoms with Crippen molar-refractivity contribution in [3.05, 3.63) is 34.9 Å². The van der Waals surface area contributed by atoms with Gasteiger partial charge in [-0.2, -0.15) is 0 Å². The second-order valence-corrected chi connectivity index (χ2v) is 6.63. The second-order valence-electron chi connectivity index (χ2n) is 6.63. The van der Waals surface area contributed by atoms with Crippen LogP contribution in [0, 0.1) is 19.8 Å². The Hall–Kier alpha value is -1.28. The Morgan fingerprint density at radius 3 is 2.29 bits per heavy atom. The monoisotopic (exact) mass is 284 g/mol. The molecule has 1 aromatic carbocycles. The summed E-state index contributed by atoms with van der Waals surface area (Å²) in [5.41, 5.74) is 5.68. The molecule has 0 atom stereocenters. The first-order valence-electron chi connectivity index (χ1n) is 8.49. The van der Waals surface area contributed by atoms with Crippen LogP contribution < -0.4 is 10.2 Å². The van der Waals surface area contributed by atoms with E-state index in [0.717, 1.165) is 5.92 Å². The molecule has 2 nitrogen and oxygen atoms in total. The van der Waals surface area contributed by atoms with Gasteiger partial charge in [-0.25, -0.2) is 0 Å². The van der Waals surface area contributed by atoms with Crippen molar-refractivity contribution in [3.63, 3.8) is 0 Å². The van der Waals surface area contributed by atoms with Crippen LogP contribution in [-0.4, -0.2) is 26.2 Å². The van der Waals surface area contributed by atoms with Gasteiger partial charge in [0.25, 0.3) is 0 Å². The SMILES string of the molecule is Cc1cc(N2CCCC2)cc(C)c1C=CC1CCNCC1. The Bertz CT molecular complexity index is 483. The Morgan fingerprint density at radius 1 is 1.05 bits per heavy atom. The lowest BCUT2D eigenvalue weighted by molar-refractivity contribution is 0.438. The van der Waals surface area contributed by atoms with E-state index in [2.05, 4.69) is 48.3 Å². The van der Waals surface area contributed by atoms with E-state index >= 15 is 0 Å². The van der Waals surface area contributed by atoms with Gasteiger partial charge in [0.15, 0.2) is 0 Å². The van der Waals surface area contributed by atoms with Crippen LogP contribution in [0.5, 0.6) is 0 Å². The summed E-state index contributed by atoms with van der Waals surface area (Å²) in [5, 5.41) is 3.43. The van der Waals surface area contributed by atoms with Gasteiger partial charge in [-0.05, 0) is 87.4 Å². The summed E-state index contributed by atoms with van der Waals surface area (Å²) in [5.74, 6) is 0.753. The van der Waals surface area contributed by atoms with Crippen molar-refractivity contribution in [1.82, 2.24) is 5.32 Å². The van der Waals surface area contributed by atoms with Crippen molar-refractivity contribution in [3.8, 4) is 0 Å². The molecule has 0 unspecified atom stereocenters. The average molecular weight is 284 g/mol. The number of allylic oxidation sites excluding steroid dienone is 1. The molecule has 0 amide bonds. The van der Waals surface area contributed by atoms with E-state index in [1.54, 1.807) is 0 Å². The standard InChI is InChI=1S/C19H28N2/c1-15-13-18(21-11-3-4-12-21)14-16(2)19(15)6-5-17-7-9-20-10-8-17/h5-6,13-14,17,20H,3-4,7-12H2,1-2H3. The maximum absolute atomic E-state index is 3.43. The first kappa shape index (κ1) is 14.6. The van der Waals surface area contributed by atoms with Crippen LogP contribution in [-0.2, 0) is 0 Å². The molecule has 2 aliphatic heterocycles. The van der Waals surface area contributed by atoms with Gasteiger partial charge in [0.2, 0.25) is 0 Å². The van der Waals surface area contributed by atoms with E-state index in [0.29, 0.717) is 0 Å². The Kier molecular flexibility index (Phi) is 4.64. The molecule has 2 fully saturated rings. The van der Waals surface area contributed by atoms with Crippen molar-refractivity contribution < 1.29 is 0 Å². The maximum Gasteiger partial charge on any atom is 0.0371 e. The Morgan fingerprint density at radius 2 is 1.67 bits per heavy atom. The molecule has 114 valence electrons. The molecule has 21 heavy (non-hydrogen) atoms. The molecule has 2 heteroatoms. The summed E-state index contributed by atoms with van der Waals surface area (Å²) in [6, 6.07) is 4.75. The molecule has 3 rings (SSSR count). The third-order valence-corrected chi connectivity index (χ3v) is 4.97. The number of anilines is 1. The molecule has 2 saturated heterocycles. The first-order chi connectivity index (χ1) is 10.2. The van der Waals surface area contributed by atoms with Gasteiger partial charge in [-0.15, -0.1) is 0 Å². The zero-order valence-electron chi connectivity index (χ0n) is 13.5. The van der Waals surface area contributed by atoms with E-state index in [4.69, 9.17) is 0 Å². The molecule has 0 aliphatic carbocycles. The van der Waals surface area contributed by atoms with Gasteiger partial charge in [0.05, 0.1) is 0 Å². The van der Waals surface area contributed by atoms with Crippen molar-refractivity contribution in [2.24, 2.45) is 5.92 Å². The van der Waals surface area contributed by atoms with E-state index in [-0.39, 0.29) is 0 Å². The number of nitrogens with one attached hydrogen (secondary N) is 1. The van der Waals surface area contributed by atoms with Gasteiger partial charge >= 0.3 is 0 Å². The zero-order chi connectivity index (χ0) is 14.7. The number of aryl methyl sites for hydroxylation is 2. The first-order valence-corrected chi connectivity index (χ1v) is 8.49. The van der Waals surface area contributed by atoms with Crippen LogP contribution in [0.1, 0.15) is 42.4 Å².